The van der Waals surface area contributed by atoms with E-state index in [1.54, 1.807) is 12.1 Å². The zero-order chi connectivity index (χ0) is 16.9. The van der Waals surface area contributed by atoms with E-state index in [0.29, 0.717) is 5.69 Å². The lowest BCUT2D eigenvalue weighted by atomic mass is 9.95. The van der Waals surface area contributed by atoms with Gasteiger partial charge in [0, 0.05) is 24.0 Å². The van der Waals surface area contributed by atoms with Crippen LogP contribution in [0.2, 0.25) is 0 Å². The van der Waals surface area contributed by atoms with Gasteiger partial charge < -0.3 is 10.6 Å². The van der Waals surface area contributed by atoms with Crippen LogP contribution in [0.1, 0.15) is 42.6 Å². The number of benzene rings is 1. The number of carbonyl (C=O) groups excluding carboxylic acids is 1. The van der Waals surface area contributed by atoms with E-state index in [-0.39, 0.29) is 23.3 Å². The number of amides is 1. The van der Waals surface area contributed by atoms with Crippen molar-refractivity contribution in [2.75, 3.05) is 5.32 Å². The quantitative estimate of drug-likeness (QED) is 0.884. The molecular weight excluding hydrogens is 312 g/mol. The maximum atomic E-state index is 13.7. The molecule has 1 aromatic carbocycles. The lowest BCUT2D eigenvalue weighted by Crippen LogP contribution is -2.36. The molecule has 0 saturated heterocycles. The van der Waals surface area contributed by atoms with Crippen molar-refractivity contribution in [3.8, 4) is 0 Å². The van der Waals surface area contributed by atoms with Crippen LogP contribution in [0.15, 0.2) is 36.5 Å². The van der Waals surface area contributed by atoms with Crippen LogP contribution in [0, 0.1) is 11.6 Å². The SMILES string of the molecule is O=C(NC1CCCCC1)c1cc(Nc2ccc(F)cc2F)ccn1. The van der Waals surface area contributed by atoms with Crippen LogP contribution in [-0.2, 0) is 0 Å². The number of halogens is 2. The number of nitrogens with one attached hydrogen (secondary N) is 2. The van der Waals surface area contributed by atoms with Crippen LogP contribution in [0.4, 0.5) is 20.2 Å². The van der Waals surface area contributed by atoms with E-state index >= 15 is 0 Å². The zero-order valence-electron chi connectivity index (χ0n) is 13.2. The Morgan fingerprint density at radius 2 is 1.88 bits per heavy atom. The van der Waals surface area contributed by atoms with Crippen molar-refractivity contribution in [2.45, 2.75) is 38.1 Å². The second kappa shape index (κ2) is 7.38. The highest BCUT2D eigenvalue weighted by molar-refractivity contribution is 5.93. The average molecular weight is 331 g/mol. The van der Waals surface area contributed by atoms with Crippen molar-refractivity contribution in [1.29, 1.82) is 0 Å². The van der Waals surface area contributed by atoms with Gasteiger partial charge >= 0.3 is 0 Å². The van der Waals surface area contributed by atoms with Crippen molar-refractivity contribution < 1.29 is 13.6 Å². The standard InChI is InChI=1S/C18H19F2N3O/c19-12-6-7-16(15(20)10-12)22-14-8-9-21-17(11-14)18(24)23-13-4-2-1-3-5-13/h6-11,13H,1-5H2,(H,21,22)(H,23,24). The number of aromatic nitrogens is 1. The normalized spacial score (nSPS) is 15.1. The molecule has 126 valence electrons. The van der Waals surface area contributed by atoms with Gasteiger partial charge in [-0.05, 0) is 37.1 Å². The Bertz CT molecular complexity index is 730. The summed E-state index contributed by atoms with van der Waals surface area (Å²) in [6.45, 7) is 0. The molecule has 0 aliphatic heterocycles. The summed E-state index contributed by atoms with van der Waals surface area (Å²) in [6.07, 6.45) is 6.94. The molecule has 1 aliphatic rings. The molecular formula is C18H19F2N3O. The molecule has 0 atom stereocenters. The van der Waals surface area contributed by atoms with Gasteiger partial charge in [0.15, 0.2) is 0 Å². The van der Waals surface area contributed by atoms with Crippen LogP contribution in [0.3, 0.4) is 0 Å². The highest BCUT2D eigenvalue weighted by atomic mass is 19.1. The number of rotatable bonds is 4. The van der Waals surface area contributed by atoms with Gasteiger partial charge in [0.05, 0.1) is 5.69 Å². The topological polar surface area (TPSA) is 54.0 Å². The minimum atomic E-state index is -0.694. The Morgan fingerprint density at radius 3 is 2.62 bits per heavy atom. The zero-order valence-corrected chi connectivity index (χ0v) is 13.2. The molecule has 4 nitrogen and oxygen atoms in total. The number of hydrogen-bond acceptors (Lipinski definition) is 3. The predicted octanol–water partition coefficient (Wildman–Crippen LogP) is 4.17. The molecule has 24 heavy (non-hydrogen) atoms. The van der Waals surface area contributed by atoms with E-state index in [0.717, 1.165) is 31.7 Å². The van der Waals surface area contributed by atoms with Crippen LogP contribution in [0.5, 0.6) is 0 Å². The number of carbonyl (C=O) groups is 1. The first-order valence-corrected chi connectivity index (χ1v) is 8.11. The molecule has 1 heterocycles. The largest absolute Gasteiger partial charge is 0.353 e. The molecule has 1 amide bonds. The summed E-state index contributed by atoms with van der Waals surface area (Å²) in [7, 11) is 0. The number of anilines is 2. The van der Waals surface area contributed by atoms with Crippen molar-refractivity contribution in [1.82, 2.24) is 10.3 Å². The van der Waals surface area contributed by atoms with E-state index in [2.05, 4.69) is 15.6 Å². The van der Waals surface area contributed by atoms with Gasteiger partial charge in [-0.1, -0.05) is 19.3 Å². The maximum absolute atomic E-state index is 13.7. The molecule has 2 aromatic rings. The van der Waals surface area contributed by atoms with Crippen molar-refractivity contribution in [2.24, 2.45) is 0 Å². The molecule has 0 bridgehead atoms. The smallest absolute Gasteiger partial charge is 0.270 e. The Balaban J connectivity index is 1.70. The third kappa shape index (κ3) is 4.07. The minimum Gasteiger partial charge on any atom is -0.353 e. The molecule has 3 rings (SSSR count). The van der Waals surface area contributed by atoms with E-state index in [4.69, 9.17) is 0 Å². The molecule has 2 N–H and O–H groups in total. The van der Waals surface area contributed by atoms with Crippen LogP contribution in [-0.4, -0.2) is 16.9 Å². The van der Waals surface area contributed by atoms with Gasteiger partial charge in [0.25, 0.3) is 5.91 Å². The van der Waals surface area contributed by atoms with E-state index < -0.39 is 11.6 Å². The van der Waals surface area contributed by atoms with Gasteiger partial charge in [-0.3, -0.25) is 9.78 Å². The fraction of sp³-hybridized carbons (Fsp3) is 0.333. The van der Waals surface area contributed by atoms with Crippen LogP contribution >= 0.6 is 0 Å². The second-order valence-corrected chi connectivity index (χ2v) is 5.99. The van der Waals surface area contributed by atoms with Gasteiger partial charge in [-0.2, -0.15) is 0 Å². The minimum absolute atomic E-state index is 0.140. The number of hydrogen-bond donors (Lipinski definition) is 2. The summed E-state index contributed by atoms with van der Waals surface area (Å²) in [5, 5.41) is 5.83. The molecule has 0 radical (unpaired) electrons. The maximum Gasteiger partial charge on any atom is 0.270 e. The lowest BCUT2D eigenvalue weighted by Gasteiger charge is -2.22. The van der Waals surface area contributed by atoms with E-state index in [9.17, 15) is 13.6 Å². The third-order valence-electron chi connectivity index (χ3n) is 4.14. The van der Waals surface area contributed by atoms with Crippen LogP contribution in [0.25, 0.3) is 0 Å². The summed E-state index contributed by atoms with van der Waals surface area (Å²) in [5.74, 6) is -1.56. The first kappa shape index (κ1) is 16.4. The summed E-state index contributed by atoms with van der Waals surface area (Å²) in [6, 6.07) is 6.66. The van der Waals surface area contributed by atoms with Gasteiger partial charge in [-0.15, -0.1) is 0 Å². The first-order chi connectivity index (χ1) is 11.6. The number of nitrogens with zero attached hydrogens (tertiary/aromatic N) is 1. The number of pyridine rings is 1. The summed E-state index contributed by atoms with van der Waals surface area (Å²) >= 11 is 0. The van der Waals surface area contributed by atoms with Gasteiger partial charge in [-0.25, -0.2) is 8.78 Å². The fourth-order valence-electron chi connectivity index (χ4n) is 2.89. The highest BCUT2D eigenvalue weighted by Crippen LogP contribution is 2.21. The highest BCUT2D eigenvalue weighted by Gasteiger charge is 2.17. The summed E-state index contributed by atoms with van der Waals surface area (Å²) in [4.78, 5) is 16.4. The molecule has 0 unspecified atom stereocenters. The van der Waals surface area contributed by atoms with E-state index in [1.807, 2.05) is 0 Å². The Morgan fingerprint density at radius 1 is 1.08 bits per heavy atom. The molecule has 1 aromatic heterocycles. The van der Waals surface area contributed by atoms with Crippen LogP contribution < -0.4 is 10.6 Å². The van der Waals surface area contributed by atoms with Crippen molar-refractivity contribution >= 4 is 17.3 Å². The lowest BCUT2D eigenvalue weighted by molar-refractivity contribution is 0.0922. The average Bonchev–Trinajstić information content (AvgIpc) is 2.59. The molecule has 1 saturated carbocycles. The fourth-order valence-corrected chi connectivity index (χ4v) is 2.89. The van der Waals surface area contributed by atoms with E-state index in [1.165, 1.54) is 24.8 Å². The van der Waals surface area contributed by atoms with Crippen molar-refractivity contribution in [3.05, 3.63) is 53.9 Å². The van der Waals surface area contributed by atoms with Gasteiger partial charge in [0.2, 0.25) is 0 Å². The Labute approximate surface area is 139 Å². The molecule has 6 heteroatoms. The summed E-state index contributed by atoms with van der Waals surface area (Å²) in [5.41, 5.74) is 0.929. The molecule has 1 aliphatic carbocycles. The Kier molecular flexibility index (Phi) is 5.03. The summed E-state index contributed by atoms with van der Waals surface area (Å²) < 4.78 is 26.7. The Hall–Kier alpha value is -2.50. The second-order valence-electron chi connectivity index (χ2n) is 5.99. The first-order valence-electron chi connectivity index (χ1n) is 8.11. The predicted molar refractivity (Wildman–Crippen MR) is 88.2 cm³/mol. The molecule has 1 fully saturated rings. The monoisotopic (exact) mass is 331 g/mol. The van der Waals surface area contributed by atoms with Gasteiger partial charge in [0.1, 0.15) is 17.3 Å². The third-order valence-corrected chi connectivity index (χ3v) is 4.14. The molecule has 0 spiro atoms. The van der Waals surface area contributed by atoms with Crippen molar-refractivity contribution in [3.63, 3.8) is 0 Å².